The molecule has 1 amide bonds. The van der Waals surface area contributed by atoms with Crippen LogP contribution in [-0.2, 0) is 4.79 Å². The average Bonchev–Trinajstić information content (AvgIpc) is 3.14. The number of pyridine rings is 1. The predicted molar refractivity (Wildman–Crippen MR) is 66.4 cm³/mol. The van der Waals surface area contributed by atoms with Gasteiger partial charge in [-0.2, -0.15) is 0 Å². The third-order valence-electron chi connectivity index (χ3n) is 2.92. The van der Waals surface area contributed by atoms with E-state index in [1.165, 1.54) is 12.8 Å². The fraction of sp³-hybridized carbons (Fsp3) is 0.538. The lowest BCUT2D eigenvalue weighted by atomic mass is 10.1. The van der Waals surface area contributed by atoms with E-state index in [0.29, 0.717) is 12.5 Å². The standard InChI is InChI=1S/C13H19N3O/c1-10(11-3-2-7-14-9-11)16-13(17)6-8-15-12-4-5-12/h2-3,7,9-10,12,15H,4-6,8H2,1H3,(H,16,17)/t10-/m1/s1. The molecule has 1 atom stereocenters. The number of hydrogen-bond donors (Lipinski definition) is 2. The fourth-order valence-corrected chi connectivity index (χ4v) is 1.71. The topological polar surface area (TPSA) is 54.0 Å². The van der Waals surface area contributed by atoms with Gasteiger partial charge < -0.3 is 10.6 Å². The summed E-state index contributed by atoms with van der Waals surface area (Å²) in [6, 6.07) is 4.54. The van der Waals surface area contributed by atoms with Gasteiger partial charge in [0.1, 0.15) is 0 Å². The lowest BCUT2D eigenvalue weighted by molar-refractivity contribution is -0.121. The van der Waals surface area contributed by atoms with Gasteiger partial charge in [-0.05, 0) is 31.4 Å². The zero-order valence-corrected chi connectivity index (χ0v) is 10.1. The van der Waals surface area contributed by atoms with Crippen molar-refractivity contribution in [1.29, 1.82) is 0 Å². The zero-order valence-electron chi connectivity index (χ0n) is 10.1. The first kappa shape index (κ1) is 12.0. The molecule has 1 heterocycles. The summed E-state index contributed by atoms with van der Waals surface area (Å²) in [6.07, 6.45) is 6.58. The maximum Gasteiger partial charge on any atom is 0.221 e. The summed E-state index contributed by atoms with van der Waals surface area (Å²) in [5.74, 6) is 0.0921. The minimum absolute atomic E-state index is 0.0251. The van der Waals surface area contributed by atoms with E-state index in [9.17, 15) is 4.79 Å². The van der Waals surface area contributed by atoms with Crippen LogP contribution in [0.3, 0.4) is 0 Å². The van der Waals surface area contributed by atoms with Crippen LogP contribution >= 0.6 is 0 Å². The number of amides is 1. The summed E-state index contributed by atoms with van der Waals surface area (Å²) in [6.45, 7) is 2.75. The molecule has 1 aliphatic rings. The van der Waals surface area contributed by atoms with Gasteiger partial charge in [-0.3, -0.25) is 9.78 Å². The van der Waals surface area contributed by atoms with Crippen LogP contribution in [0.4, 0.5) is 0 Å². The normalized spacial score (nSPS) is 16.5. The molecule has 4 heteroatoms. The minimum atomic E-state index is 0.0251. The molecule has 0 radical (unpaired) electrons. The molecule has 0 aliphatic heterocycles. The quantitative estimate of drug-likeness (QED) is 0.781. The first-order chi connectivity index (χ1) is 8.25. The molecular formula is C13H19N3O. The second kappa shape index (κ2) is 5.77. The Morgan fingerprint density at radius 2 is 2.41 bits per heavy atom. The molecule has 2 N–H and O–H groups in total. The first-order valence-corrected chi connectivity index (χ1v) is 6.18. The number of nitrogens with zero attached hydrogens (tertiary/aromatic N) is 1. The third kappa shape index (κ3) is 4.15. The Hall–Kier alpha value is -1.42. The second-order valence-electron chi connectivity index (χ2n) is 4.55. The van der Waals surface area contributed by atoms with Gasteiger partial charge in [-0.25, -0.2) is 0 Å². The smallest absolute Gasteiger partial charge is 0.221 e. The van der Waals surface area contributed by atoms with Gasteiger partial charge in [0.2, 0.25) is 5.91 Å². The van der Waals surface area contributed by atoms with Gasteiger partial charge in [0.15, 0.2) is 0 Å². The van der Waals surface area contributed by atoms with E-state index in [4.69, 9.17) is 0 Å². The van der Waals surface area contributed by atoms with Crippen molar-refractivity contribution in [1.82, 2.24) is 15.6 Å². The monoisotopic (exact) mass is 233 g/mol. The Balaban J connectivity index is 1.69. The van der Waals surface area contributed by atoms with Crippen LogP contribution in [0.2, 0.25) is 0 Å². The summed E-state index contributed by atoms with van der Waals surface area (Å²) in [7, 11) is 0. The van der Waals surface area contributed by atoms with Crippen LogP contribution in [0.1, 0.15) is 37.8 Å². The van der Waals surface area contributed by atoms with E-state index in [1.54, 1.807) is 12.4 Å². The maximum absolute atomic E-state index is 11.7. The summed E-state index contributed by atoms with van der Waals surface area (Å²) < 4.78 is 0. The summed E-state index contributed by atoms with van der Waals surface area (Å²) in [5, 5.41) is 6.30. The van der Waals surface area contributed by atoms with Crippen molar-refractivity contribution in [3.63, 3.8) is 0 Å². The molecule has 0 unspecified atom stereocenters. The van der Waals surface area contributed by atoms with Crippen LogP contribution in [0.15, 0.2) is 24.5 Å². The van der Waals surface area contributed by atoms with E-state index >= 15 is 0 Å². The van der Waals surface area contributed by atoms with Gasteiger partial charge in [-0.15, -0.1) is 0 Å². The number of carbonyl (C=O) groups excluding carboxylic acids is 1. The lowest BCUT2D eigenvalue weighted by Gasteiger charge is -2.13. The van der Waals surface area contributed by atoms with E-state index in [-0.39, 0.29) is 11.9 Å². The van der Waals surface area contributed by atoms with Crippen molar-refractivity contribution in [2.24, 2.45) is 0 Å². The lowest BCUT2D eigenvalue weighted by Crippen LogP contribution is -2.30. The van der Waals surface area contributed by atoms with Crippen molar-refractivity contribution in [3.8, 4) is 0 Å². The summed E-state index contributed by atoms with van der Waals surface area (Å²) in [5.41, 5.74) is 1.04. The van der Waals surface area contributed by atoms with Crippen molar-refractivity contribution >= 4 is 5.91 Å². The van der Waals surface area contributed by atoms with Crippen LogP contribution in [0.5, 0.6) is 0 Å². The van der Waals surface area contributed by atoms with Crippen LogP contribution in [0, 0.1) is 0 Å². The molecule has 0 saturated heterocycles. The molecule has 0 aromatic carbocycles. The Labute approximate surface area is 102 Å². The molecule has 4 nitrogen and oxygen atoms in total. The molecule has 1 aromatic heterocycles. The number of nitrogens with one attached hydrogen (secondary N) is 2. The van der Waals surface area contributed by atoms with E-state index in [1.807, 2.05) is 19.1 Å². The molecule has 1 fully saturated rings. The van der Waals surface area contributed by atoms with Gasteiger partial charge in [0.25, 0.3) is 0 Å². The molecule has 1 saturated carbocycles. The van der Waals surface area contributed by atoms with Crippen LogP contribution < -0.4 is 10.6 Å². The minimum Gasteiger partial charge on any atom is -0.349 e. The molecule has 0 spiro atoms. The van der Waals surface area contributed by atoms with E-state index < -0.39 is 0 Å². The average molecular weight is 233 g/mol. The van der Waals surface area contributed by atoms with Crippen molar-refractivity contribution < 1.29 is 4.79 Å². The number of hydrogen-bond acceptors (Lipinski definition) is 3. The zero-order chi connectivity index (χ0) is 12.1. The summed E-state index contributed by atoms with van der Waals surface area (Å²) >= 11 is 0. The third-order valence-corrected chi connectivity index (χ3v) is 2.92. The van der Waals surface area contributed by atoms with Crippen LogP contribution in [-0.4, -0.2) is 23.5 Å². The van der Waals surface area contributed by atoms with E-state index in [2.05, 4.69) is 15.6 Å². The number of aromatic nitrogens is 1. The Morgan fingerprint density at radius 1 is 1.59 bits per heavy atom. The van der Waals surface area contributed by atoms with Gasteiger partial charge >= 0.3 is 0 Å². The van der Waals surface area contributed by atoms with Gasteiger partial charge in [-0.1, -0.05) is 6.07 Å². The molecule has 92 valence electrons. The number of rotatable bonds is 6. The highest BCUT2D eigenvalue weighted by molar-refractivity contribution is 5.76. The number of carbonyl (C=O) groups is 1. The molecule has 1 aliphatic carbocycles. The predicted octanol–water partition coefficient (Wildman–Crippen LogP) is 1.40. The second-order valence-corrected chi connectivity index (χ2v) is 4.55. The summed E-state index contributed by atoms with van der Waals surface area (Å²) in [4.78, 5) is 15.7. The highest BCUT2D eigenvalue weighted by Gasteiger charge is 2.20. The van der Waals surface area contributed by atoms with Gasteiger partial charge in [0.05, 0.1) is 6.04 Å². The molecule has 2 rings (SSSR count). The first-order valence-electron chi connectivity index (χ1n) is 6.18. The Kier molecular flexibility index (Phi) is 4.09. The van der Waals surface area contributed by atoms with Crippen molar-refractivity contribution in [3.05, 3.63) is 30.1 Å². The largest absolute Gasteiger partial charge is 0.349 e. The molecule has 17 heavy (non-hydrogen) atoms. The van der Waals surface area contributed by atoms with E-state index in [0.717, 1.165) is 12.1 Å². The SMILES string of the molecule is C[C@@H](NC(=O)CCNC1CC1)c1cccnc1. The van der Waals surface area contributed by atoms with Gasteiger partial charge in [0, 0.05) is 31.4 Å². The molecule has 1 aromatic rings. The molecule has 0 bridgehead atoms. The van der Waals surface area contributed by atoms with Crippen LogP contribution in [0.25, 0.3) is 0 Å². The van der Waals surface area contributed by atoms with Crippen molar-refractivity contribution in [2.45, 2.75) is 38.3 Å². The Morgan fingerprint density at radius 3 is 3.06 bits per heavy atom. The van der Waals surface area contributed by atoms with Crippen molar-refractivity contribution in [2.75, 3.05) is 6.54 Å². The fourth-order valence-electron chi connectivity index (χ4n) is 1.71. The highest BCUT2D eigenvalue weighted by Crippen LogP contribution is 2.18. The maximum atomic E-state index is 11.7. The Bertz CT molecular complexity index is 362. The molecular weight excluding hydrogens is 214 g/mol. The highest BCUT2D eigenvalue weighted by atomic mass is 16.1.